The maximum absolute atomic E-state index is 11.7. The number of nitrogens with zero attached hydrogens (tertiary/aromatic N) is 1. The van der Waals surface area contributed by atoms with Gasteiger partial charge in [-0.05, 0) is 24.6 Å². The highest BCUT2D eigenvalue weighted by atomic mass is 79.9. The van der Waals surface area contributed by atoms with Crippen molar-refractivity contribution in [3.63, 3.8) is 0 Å². The molecule has 1 unspecified atom stereocenters. The predicted molar refractivity (Wildman–Crippen MR) is 68.6 cm³/mol. The number of anilines is 1. The molecule has 1 fully saturated rings. The Labute approximate surface area is 106 Å². The molecular formula is C11H11Br2NO. The van der Waals surface area contributed by atoms with Crippen molar-refractivity contribution < 1.29 is 4.79 Å². The van der Waals surface area contributed by atoms with Crippen LogP contribution in [0.5, 0.6) is 0 Å². The van der Waals surface area contributed by atoms with E-state index >= 15 is 0 Å². The highest BCUT2D eigenvalue weighted by Gasteiger charge is 2.29. The number of hydrogen-bond acceptors (Lipinski definition) is 1. The summed E-state index contributed by atoms with van der Waals surface area (Å²) in [5.41, 5.74) is 2.14. The molecule has 0 saturated carbocycles. The summed E-state index contributed by atoms with van der Waals surface area (Å²) in [7, 11) is 0. The van der Waals surface area contributed by atoms with Crippen LogP contribution < -0.4 is 4.90 Å². The van der Waals surface area contributed by atoms with Gasteiger partial charge in [0, 0.05) is 28.0 Å². The zero-order valence-electron chi connectivity index (χ0n) is 8.34. The van der Waals surface area contributed by atoms with Gasteiger partial charge >= 0.3 is 0 Å². The van der Waals surface area contributed by atoms with Crippen molar-refractivity contribution in [2.75, 3.05) is 11.4 Å². The molecule has 2 nitrogen and oxygen atoms in total. The van der Waals surface area contributed by atoms with Crippen LogP contribution in [0.2, 0.25) is 0 Å². The van der Waals surface area contributed by atoms with Crippen molar-refractivity contribution >= 4 is 43.5 Å². The molecule has 1 saturated heterocycles. The van der Waals surface area contributed by atoms with E-state index in [0.717, 1.165) is 22.3 Å². The molecule has 4 heteroatoms. The molecule has 0 N–H and O–H groups in total. The first-order chi connectivity index (χ1) is 7.08. The van der Waals surface area contributed by atoms with Crippen LogP contribution in [0.25, 0.3) is 0 Å². The van der Waals surface area contributed by atoms with Gasteiger partial charge in [-0.25, -0.2) is 0 Å². The van der Waals surface area contributed by atoms with Gasteiger partial charge in [0.1, 0.15) is 0 Å². The highest BCUT2D eigenvalue weighted by Crippen LogP contribution is 2.30. The number of carbonyl (C=O) groups is 1. The molecule has 0 aliphatic carbocycles. The van der Waals surface area contributed by atoms with Gasteiger partial charge in [0.05, 0.1) is 0 Å². The van der Waals surface area contributed by atoms with E-state index in [-0.39, 0.29) is 10.7 Å². The van der Waals surface area contributed by atoms with E-state index in [2.05, 4.69) is 31.9 Å². The second-order valence-corrected chi connectivity index (χ2v) is 5.95. The van der Waals surface area contributed by atoms with Crippen LogP contribution in [-0.4, -0.2) is 17.3 Å². The smallest absolute Gasteiger partial charge is 0.228 e. The number of rotatable bonds is 1. The van der Waals surface area contributed by atoms with Gasteiger partial charge in [-0.3, -0.25) is 4.79 Å². The summed E-state index contributed by atoms with van der Waals surface area (Å²) < 4.78 is 1.01. The van der Waals surface area contributed by atoms with E-state index in [0.29, 0.717) is 6.42 Å². The molecule has 1 heterocycles. The third kappa shape index (κ3) is 2.26. The number of alkyl halides is 1. The number of carbonyl (C=O) groups excluding carboxylic acids is 1. The number of aryl methyl sites for hydroxylation is 1. The maximum Gasteiger partial charge on any atom is 0.228 e. The predicted octanol–water partition coefficient (Wildman–Crippen LogP) is 3.26. The lowest BCUT2D eigenvalue weighted by Crippen LogP contribution is -2.25. The minimum atomic E-state index is 0.193. The lowest BCUT2D eigenvalue weighted by atomic mass is 10.2. The lowest BCUT2D eigenvalue weighted by molar-refractivity contribution is -0.117. The van der Waals surface area contributed by atoms with Crippen LogP contribution in [-0.2, 0) is 4.79 Å². The molecule has 1 atom stereocenters. The van der Waals surface area contributed by atoms with Crippen molar-refractivity contribution in [1.29, 1.82) is 0 Å². The number of hydrogen-bond donors (Lipinski definition) is 0. The normalized spacial score (nSPS) is 21.1. The zero-order chi connectivity index (χ0) is 11.0. The molecule has 1 aromatic carbocycles. The maximum atomic E-state index is 11.7. The molecule has 0 radical (unpaired) electrons. The summed E-state index contributed by atoms with van der Waals surface area (Å²) >= 11 is 6.91. The second kappa shape index (κ2) is 4.26. The van der Waals surface area contributed by atoms with E-state index in [1.807, 2.05) is 30.0 Å². The number of halogens is 2. The first-order valence-corrected chi connectivity index (χ1v) is 6.49. The molecule has 2 rings (SSSR count). The van der Waals surface area contributed by atoms with Gasteiger partial charge in [0.25, 0.3) is 0 Å². The molecule has 15 heavy (non-hydrogen) atoms. The van der Waals surface area contributed by atoms with Crippen LogP contribution in [0.15, 0.2) is 22.7 Å². The van der Waals surface area contributed by atoms with Gasteiger partial charge in [-0.1, -0.05) is 37.9 Å². The Balaban J connectivity index is 2.37. The Morgan fingerprint density at radius 1 is 1.47 bits per heavy atom. The minimum Gasteiger partial charge on any atom is -0.311 e. The topological polar surface area (TPSA) is 20.3 Å². The van der Waals surface area contributed by atoms with Crippen molar-refractivity contribution in [2.24, 2.45) is 0 Å². The summed E-state index contributed by atoms with van der Waals surface area (Å²) in [5, 5.41) is 0. The largest absolute Gasteiger partial charge is 0.311 e. The molecule has 1 aliphatic heterocycles. The van der Waals surface area contributed by atoms with Crippen LogP contribution >= 0.6 is 31.9 Å². The summed E-state index contributed by atoms with van der Waals surface area (Å²) in [5.74, 6) is 0.193. The van der Waals surface area contributed by atoms with Gasteiger partial charge in [0.2, 0.25) is 5.91 Å². The van der Waals surface area contributed by atoms with Crippen LogP contribution in [0.1, 0.15) is 12.0 Å². The Bertz CT molecular complexity index is 406. The first-order valence-electron chi connectivity index (χ1n) is 4.78. The van der Waals surface area contributed by atoms with E-state index < -0.39 is 0 Å². The quantitative estimate of drug-likeness (QED) is 0.723. The van der Waals surface area contributed by atoms with Crippen molar-refractivity contribution in [3.05, 3.63) is 28.2 Å². The Morgan fingerprint density at radius 3 is 2.80 bits per heavy atom. The van der Waals surface area contributed by atoms with Crippen LogP contribution in [0, 0.1) is 6.92 Å². The van der Waals surface area contributed by atoms with E-state index in [4.69, 9.17) is 0 Å². The number of benzene rings is 1. The number of amides is 1. The molecule has 80 valence electrons. The Kier molecular flexibility index (Phi) is 3.16. The molecule has 1 aromatic rings. The molecule has 0 spiro atoms. The zero-order valence-corrected chi connectivity index (χ0v) is 11.5. The van der Waals surface area contributed by atoms with E-state index in [1.54, 1.807) is 0 Å². The van der Waals surface area contributed by atoms with Crippen molar-refractivity contribution in [1.82, 2.24) is 0 Å². The second-order valence-electron chi connectivity index (χ2n) is 3.74. The standard InChI is InChI=1S/C11H11Br2NO/c1-7-2-3-8(12)4-10(7)14-6-9(13)5-11(14)15/h2-4,9H,5-6H2,1H3. The van der Waals surface area contributed by atoms with Crippen LogP contribution in [0.4, 0.5) is 5.69 Å². The third-order valence-electron chi connectivity index (χ3n) is 2.54. The van der Waals surface area contributed by atoms with E-state index in [1.165, 1.54) is 0 Å². The first kappa shape index (κ1) is 11.1. The summed E-state index contributed by atoms with van der Waals surface area (Å²) in [6.07, 6.45) is 0.589. The Morgan fingerprint density at radius 2 is 2.20 bits per heavy atom. The summed E-state index contributed by atoms with van der Waals surface area (Å²) in [6.45, 7) is 2.78. The molecular weight excluding hydrogens is 322 g/mol. The van der Waals surface area contributed by atoms with Crippen molar-refractivity contribution in [2.45, 2.75) is 18.2 Å². The minimum absolute atomic E-state index is 0.193. The Hall–Kier alpha value is -0.350. The lowest BCUT2D eigenvalue weighted by Gasteiger charge is -2.18. The molecule has 1 aliphatic rings. The van der Waals surface area contributed by atoms with Gasteiger partial charge in [-0.2, -0.15) is 0 Å². The fraction of sp³-hybridized carbons (Fsp3) is 0.364. The SMILES string of the molecule is Cc1ccc(Br)cc1N1CC(Br)CC1=O. The molecule has 0 bridgehead atoms. The fourth-order valence-electron chi connectivity index (χ4n) is 1.77. The third-order valence-corrected chi connectivity index (χ3v) is 3.65. The van der Waals surface area contributed by atoms with Gasteiger partial charge < -0.3 is 4.90 Å². The van der Waals surface area contributed by atoms with Gasteiger partial charge in [0.15, 0.2) is 0 Å². The highest BCUT2D eigenvalue weighted by molar-refractivity contribution is 9.10. The van der Waals surface area contributed by atoms with E-state index in [9.17, 15) is 4.79 Å². The van der Waals surface area contributed by atoms with Gasteiger partial charge in [-0.15, -0.1) is 0 Å². The average molecular weight is 333 g/mol. The average Bonchev–Trinajstić information content (AvgIpc) is 2.50. The fourth-order valence-corrected chi connectivity index (χ4v) is 2.69. The summed E-state index contributed by atoms with van der Waals surface area (Å²) in [6, 6.07) is 6.01. The van der Waals surface area contributed by atoms with Crippen molar-refractivity contribution in [3.8, 4) is 0 Å². The summed E-state index contributed by atoms with van der Waals surface area (Å²) in [4.78, 5) is 13.9. The van der Waals surface area contributed by atoms with Crippen LogP contribution in [0.3, 0.4) is 0 Å². The molecule has 0 aromatic heterocycles. The molecule has 1 amide bonds. The monoisotopic (exact) mass is 331 g/mol.